The molecular weight excluding hydrogens is 293 g/mol. The Morgan fingerprint density at radius 1 is 1.23 bits per heavy atom. The van der Waals surface area contributed by atoms with Crippen LogP contribution in [0.3, 0.4) is 0 Å². The smallest absolute Gasteiger partial charge is 0.363 e. The highest BCUT2D eigenvalue weighted by molar-refractivity contribution is 5.41. The molecule has 0 aliphatic heterocycles. The molecule has 2 rings (SSSR count). The van der Waals surface area contributed by atoms with Crippen LogP contribution in [0.2, 0.25) is 0 Å². The number of benzene rings is 1. The Morgan fingerprint density at radius 3 is 2.64 bits per heavy atom. The van der Waals surface area contributed by atoms with Gasteiger partial charge in [-0.25, -0.2) is 9.97 Å². The first-order valence-electron chi connectivity index (χ1n) is 6.85. The third-order valence-electron chi connectivity index (χ3n) is 3.22. The van der Waals surface area contributed by atoms with Gasteiger partial charge in [-0.05, 0) is 25.1 Å². The molecule has 118 valence electrons. The van der Waals surface area contributed by atoms with Crippen molar-refractivity contribution < 1.29 is 13.2 Å². The van der Waals surface area contributed by atoms with Crippen molar-refractivity contribution in [3.8, 4) is 0 Å². The average Bonchev–Trinajstić information content (AvgIpc) is 2.47. The number of nitrogens with one attached hydrogen (secondary N) is 1. The van der Waals surface area contributed by atoms with Crippen LogP contribution in [0.1, 0.15) is 29.8 Å². The number of anilines is 1. The van der Waals surface area contributed by atoms with E-state index >= 15 is 0 Å². The van der Waals surface area contributed by atoms with Crippen LogP contribution in [0, 0.1) is 0 Å². The molecule has 0 aliphatic rings. The van der Waals surface area contributed by atoms with Crippen molar-refractivity contribution >= 4 is 5.82 Å². The van der Waals surface area contributed by atoms with Gasteiger partial charge in [0.1, 0.15) is 12.1 Å². The van der Waals surface area contributed by atoms with Gasteiger partial charge in [0.05, 0.1) is 11.6 Å². The lowest BCUT2D eigenvalue weighted by molar-refractivity contribution is -0.138. The predicted octanol–water partition coefficient (Wildman–Crippen LogP) is 3.17. The normalized spacial score (nSPS) is 13.0. The van der Waals surface area contributed by atoms with Gasteiger partial charge in [-0.15, -0.1) is 0 Å². The van der Waals surface area contributed by atoms with E-state index in [-0.39, 0.29) is 5.56 Å². The minimum absolute atomic E-state index is 0.175. The van der Waals surface area contributed by atoms with E-state index in [2.05, 4.69) is 15.3 Å². The van der Waals surface area contributed by atoms with Crippen molar-refractivity contribution in [1.29, 1.82) is 0 Å². The lowest BCUT2D eigenvalue weighted by Crippen LogP contribution is -2.16. The first-order valence-corrected chi connectivity index (χ1v) is 6.85. The fourth-order valence-electron chi connectivity index (χ4n) is 2.19. The van der Waals surface area contributed by atoms with Gasteiger partial charge in [0.25, 0.3) is 0 Å². The molecule has 3 N–H and O–H groups in total. The quantitative estimate of drug-likeness (QED) is 0.890. The topological polar surface area (TPSA) is 63.8 Å². The number of nitrogens with two attached hydrogens (primary N) is 1. The summed E-state index contributed by atoms with van der Waals surface area (Å²) in [6, 6.07) is 6.65. The third-order valence-corrected chi connectivity index (χ3v) is 3.22. The second kappa shape index (κ2) is 6.74. The molecule has 1 atom stereocenters. The summed E-state index contributed by atoms with van der Waals surface area (Å²) in [7, 11) is 0. The van der Waals surface area contributed by atoms with Crippen LogP contribution in [-0.4, -0.2) is 16.5 Å². The summed E-state index contributed by atoms with van der Waals surface area (Å²) in [6.07, 6.45) is -2.43. The summed E-state index contributed by atoms with van der Waals surface area (Å²) in [6.45, 7) is 2.11. The van der Waals surface area contributed by atoms with E-state index in [1.54, 1.807) is 19.1 Å². The molecule has 0 amide bonds. The van der Waals surface area contributed by atoms with E-state index in [9.17, 15) is 13.2 Å². The molecule has 0 aliphatic carbocycles. The van der Waals surface area contributed by atoms with Crippen molar-refractivity contribution in [3.63, 3.8) is 0 Å². The van der Waals surface area contributed by atoms with Gasteiger partial charge in [0.15, 0.2) is 0 Å². The fraction of sp³-hybridized carbons (Fsp3) is 0.333. The van der Waals surface area contributed by atoms with Crippen molar-refractivity contribution in [2.75, 3.05) is 11.9 Å². The summed E-state index contributed by atoms with van der Waals surface area (Å²) in [5.41, 5.74) is 5.74. The molecule has 7 heteroatoms. The molecule has 0 radical (unpaired) electrons. The molecule has 4 nitrogen and oxygen atoms in total. The molecule has 0 saturated heterocycles. The summed E-state index contributed by atoms with van der Waals surface area (Å²) in [4.78, 5) is 8.09. The Balaban J connectivity index is 2.23. The van der Waals surface area contributed by atoms with Crippen molar-refractivity contribution in [2.24, 2.45) is 5.73 Å². The summed E-state index contributed by atoms with van der Waals surface area (Å²) in [5.74, 6) is 0.475. The second-order valence-electron chi connectivity index (χ2n) is 4.88. The number of nitrogens with zero attached hydrogens (tertiary/aromatic N) is 2. The van der Waals surface area contributed by atoms with E-state index in [1.165, 1.54) is 18.5 Å². The molecule has 22 heavy (non-hydrogen) atoms. The average molecular weight is 310 g/mol. The van der Waals surface area contributed by atoms with E-state index in [4.69, 9.17) is 5.73 Å². The molecule has 2 aromatic rings. The largest absolute Gasteiger partial charge is 0.416 e. The van der Waals surface area contributed by atoms with Crippen molar-refractivity contribution in [2.45, 2.75) is 25.6 Å². The third kappa shape index (κ3) is 3.94. The SMILES string of the molecule is C[C@H](Nc1cc(CCN)ncn1)c1ccccc1C(F)(F)F. The van der Waals surface area contributed by atoms with Gasteiger partial charge < -0.3 is 11.1 Å². The zero-order valence-electron chi connectivity index (χ0n) is 12.1. The van der Waals surface area contributed by atoms with Crippen LogP contribution in [0.15, 0.2) is 36.7 Å². The van der Waals surface area contributed by atoms with Gasteiger partial charge >= 0.3 is 6.18 Å². The summed E-state index contributed by atoms with van der Waals surface area (Å²) < 4.78 is 39.1. The van der Waals surface area contributed by atoms with Crippen LogP contribution < -0.4 is 11.1 Å². The van der Waals surface area contributed by atoms with E-state index in [1.807, 2.05) is 0 Å². The maximum Gasteiger partial charge on any atom is 0.416 e. The zero-order valence-corrected chi connectivity index (χ0v) is 12.1. The Labute approximate surface area is 126 Å². The maximum absolute atomic E-state index is 13.0. The van der Waals surface area contributed by atoms with Gasteiger partial charge in [0, 0.05) is 18.2 Å². The van der Waals surface area contributed by atoms with E-state index < -0.39 is 17.8 Å². The van der Waals surface area contributed by atoms with Crippen molar-refractivity contribution in [1.82, 2.24) is 9.97 Å². The number of hydrogen-bond donors (Lipinski definition) is 2. The highest BCUT2D eigenvalue weighted by atomic mass is 19.4. The fourth-order valence-corrected chi connectivity index (χ4v) is 2.19. The molecule has 1 heterocycles. The molecule has 0 bridgehead atoms. The number of hydrogen-bond acceptors (Lipinski definition) is 4. The molecule has 1 aromatic heterocycles. The lowest BCUT2D eigenvalue weighted by atomic mass is 10.0. The van der Waals surface area contributed by atoms with Gasteiger partial charge in [0.2, 0.25) is 0 Å². The Bertz CT molecular complexity index is 628. The maximum atomic E-state index is 13.0. The standard InChI is InChI=1S/C15H17F3N4/c1-10(12-4-2-3-5-13(12)15(16,17)18)22-14-8-11(6-7-19)20-9-21-14/h2-5,8-10H,6-7,19H2,1H3,(H,20,21,22)/t10-/m0/s1. The number of alkyl halides is 3. The summed E-state index contributed by atoms with van der Waals surface area (Å²) in [5, 5.41) is 2.98. The van der Waals surface area contributed by atoms with Crippen LogP contribution in [0.4, 0.5) is 19.0 Å². The van der Waals surface area contributed by atoms with Gasteiger partial charge in [-0.3, -0.25) is 0 Å². The van der Waals surface area contributed by atoms with Crippen LogP contribution >= 0.6 is 0 Å². The first-order chi connectivity index (χ1) is 10.4. The minimum atomic E-state index is -4.39. The lowest BCUT2D eigenvalue weighted by Gasteiger charge is -2.20. The van der Waals surface area contributed by atoms with E-state index in [0.717, 1.165) is 11.8 Å². The Morgan fingerprint density at radius 2 is 1.95 bits per heavy atom. The van der Waals surface area contributed by atoms with E-state index in [0.29, 0.717) is 18.8 Å². The zero-order chi connectivity index (χ0) is 16.2. The van der Waals surface area contributed by atoms with Gasteiger partial charge in [-0.2, -0.15) is 13.2 Å². The monoisotopic (exact) mass is 310 g/mol. The Hall–Kier alpha value is -2.15. The number of rotatable bonds is 5. The molecular formula is C15H17F3N4. The number of halogens is 3. The first kappa shape index (κ1) is 16.2. The van der Waals surface area contributed by atoms with Crippen molar-refractivity contribution in [3.05, 3.63) is 53.5 Å². The summed E-state index contributed by atoms with van der Waals surface area (Å²) >= 11 is 0. The van der Waals surface area contributed by atoms with Crippen LogP contribution in [0.5, 0.6) is 0 Å². The second-order valence-corrected chi connectivity index (χ2v) is 4.88. The molecule has 1 aromatic carbocycles. The predicted molar refractivity (Wildman–Crippen MR) is 78.3 cm³/mol. The molecule has 0 unspecified atom stereocenters. The highest BCUT2D eigenvalue weighted by Crippen LogP contribution is 2.35. The Kier molecular flexibility index (Phi) is 4.97. The molecule has 0 saturated carbocycles. The molecule has 0 spiro atoms. The minimum Gasteiger partial charge on any atom is -0.363 e. The van der Waals surface area contributed by atoms with Crippen LogP contribution in [-0.2, 0) is 12.6 Å². The van der Waals surface area contributed by atoms with Crippen LogP contribution in [0.25, 0.3) is 0 Å². The molecule has 0 fully saturated rings. The van der Waals surface area contributed by atoms with Gasteiger partial charge in [-0.1, -0.05) is 18.2 Å². The number of aromatic nitrogens is 2. The highest BCUT2D eigenvalue weighted by Gasteiger charge is 2.34.